The zero-order valence-corrected chi connectivity index (χ0v) is 7.97. The molecule has 0 bridgehead atoms. The van der Waals surface area contributed by atoms with Crippen LogP contribution in [0.1, 0.15) is 44.9 Å². The van der Waals surface area contributed by atoms with Crippen LogP contribution >= 0.6 is 0 Å². The Morgan fingerprint density at radius 1 is 0.917 bits per heavy atom. The van der Waals surface area contributed by atoms with Gasteiger partial charge in [-0.25, -0.2) is 0 Å². The van der Waals surface area contributed by atoms with E-state index in [0.717, 1.165) is 24.3 Å². The highest BCUT2D eigenvalue weighted by Gasteiger charge is 2.35. The first kappa shape index (κ1) is 8.55. The van der Waals surface area contributed by atoms with Crippen molar-refractivity contribution >= 4 is 0 Å². The summed E-state index contributed by atoms with van der Waals surface area (Å²) in [4.78, 5) is 0. The van der Waals surface area contributed by atoms with Gasteiger partial charge in [-0.1, -0.05) is 32.1 Å². The van der Waals surface area contributed by atoms with Crippen LogP contribution in [0.25, 0.3) is 0 Å². The van der Waals surface area contributed by atoms with Crippen LogP contribution in [-0.4, -0.2) is 6.54 Å². The van der Waals surface area contributed by atoms with Gasteiger partial charge in [0.25, 0.3) is 0 Å². The molecule has 2 rings (SSSR count). The Kier molecular flexibility index (Phi) is 2.69. The van der Waals surface area contributed by atoms with E-state index < -0.39 is 0 Å². The summed E-state index contributed by atoms with van der Waals surface area (Å²) in [5.41, 5.74) is 5.73. The van der Waals surface area contributed by atoms with Crippen molar-refractivity contribution in [2.45, 2.75) is 44.9 Å². The zero-order valence-electron chi connectivity index (χ0n) is 7.97. The van der Waals surface area contributed by atoms with E-state index in [4.69, 9.17) is 5.73 Å². The van der Waals surface area contributed by atoms with Crippen molar-refractivity contribution in [3.8, 4) is 0 Å². The van der Waals surface area contributed by atoms with E-state index >= 15 is 0 Å². The molecule has 0 aromatic carbocycles. The lowest BCUT2D eigenvalue weighted by atomic mass is 9.63. The monoisotopic (exact) mass is 167 g/mol. The van der Waals surface area contributed by atoms with Gasteiger partial charge in [0.15, 0.2) is 0 Å². The minimum Gasteiger partial charge on any atom is -0.330 e. The summed E-state index contributed by atoms with van der Waals surface area (Å²) < 4.78 is 0. The predicted octanol–water partition coefficient (Wildman–Crippen LogP) is 2.55. The van der Waals surface area contributed by atoms with Crippen molar-refractivity contribution in [3.05, 3.63) is 0 Å². The lowest BCUT2D eigenvalue weighted by molar-refractivity contribution is 0.0850. The van der Waals surface area contributed by atoms with Gasteiger partial charge in [0.1, 0.15) is 0 Å². The second kappa shape index (κ2) is 3.78. The molecule has 2 unspecified atom stereocenters. The summed E-state index contributed by atoms with van der Waals surface area (Å²) >= 11 is 0. The van der Waals surface area contributed by atoms with Crippen LogP contribution in [0, 0.1) is 17.8 Å². The van der Waals surface area contributed by atoms with E-state index in [-0.39, 0.29) is 0 Å². The third kappa shape index (κ3) is 1.52. The van der Waals surface area contributed by atoms with Gasteiger partial charge in [0, 0.05) is 0 Å². The molecule has 2 aliphatic carbocycles. The topological polar surface area (TPSA) is 26.0 Å². The van der Waals surface area contributed by atoms with Crippen molar-refractivity contribution in [3.63, 3.8) is 0 Å². The summed E-state index contributed by atoms with van der Waals surface area (Å²) in [6.07, 6.45) is 10.3. The summed E-state index contributed by atoms with van der Waals surface area (Å²) in [5.74, 6) is 2.98. The molecule has 0 radical (unpaired) electrons. The molecule has 2 N–H and O–H groups in total. The number of nitrogens with two attached hydrogens (primary N) is 1. The van der Waals surface area contributed by atoms with E-state index in [1.54, 1.807) is 0 Å². The van der Waals surface area contributed by atoms with Gasteiger partial charge in [0.05, 0.1) is 0 Å². The van der Waals surface area contributed by atoms with Crippen LogP contribution < -0.4 is 5.73 Å². The lowest BCUT2D eigenvalue weighted by Gasteiger charge is -2.43. The highest BCUT2D eigenvalue weighted by molar-refractivity contribution is 4.87. The summed E-state index contributed by atoms with van der Waals surface area (Å²) in [7, 11) is 0. The molecule has 2 atom stereocenters. The van der Waals surface area contributed by atoms with Crippen LogP contribution in [-0.2, 0) is 0 Å². The van der Waals surface area contributed by atoms with Crippen LogP contribution in [0.3, 0.4) is 0 Å². The molecule has 70 valence electrons. The standard InChI is InChI=1S/C11H21N/c12-8-10-6-7-11(10)9-4-2-1-3-5-9/h9-11H,1-8,12H2. The van der Waals surface area contributed by atoms with Crippen molar-refractivity contribution < 1.29 is 0 Å². The molecule has 1 nitrogen and oxygen atoms in total. The second-order valence-corrected chi connectivity index (χ2v) is 4.64. The number of rotatable bonds is 2. The van der Waals surface area contributed by atoms with Crippen molar-refractivity contribution in [2.24, 2.45) is 23.5 Å². The largest absolute Gasteiger partial charge is 0.330 e. The molecule has 0 heterocycles. The highest BCUT2D eigenvalue weighted by Crippen LogP contribution is 2.44. The van der Waals surface area contributed by atoms with Gasteiger partial charge in [-0.2, -0.15) is 0 Å². The van der Waals surface area contributed by atoms with E-state index in [2.05, 4.69) is 0 Å². The van der Waals surface area contributed by atoms with Crippen LogP contribution in [0.5, 0.6) is 0 Å². The fraction of sp³-hybridized carbons (Fsp3) is 1.00. The second-order valence-electron chi connectivity index (χ2n) is 4.64. The maximum atomic E-state index is 5.73. The Balaban J connectivity index is 1.82. The van der Waals surface area contributed by atoms with Gasteiger partial charge in [-0.15, -0.1) is 0 Å². The van der Waals surface area contributed by atoms with Crippen molar-refractivity contribution in [1.82, 2.24) is 0 Å². The van der Waals surface area contributed by atoms with Crippen LogP contribution in [0.2, 0.25) is 0 Å². The first-order chi connectivity index (χ1) is 5.92. The fourth-order valence-electron chi connectivity index (χ4n) is 3.07. The average molecular weight is 167 g/mol. The highest BCUT2D eigenvalue weighted by atomic mass is 14.6. The molecule has 2 saturated carbocycles. The third-order valence-electron chi connectivity index (χ3n) is 4.03. The third-order valence-corrected chi connectivity index (χ3v) is 4.03. The molecule has 0 amide bonds. The minimum atomic E-state index is 0.896. The lowest BCUT2D eigenvalue weighted by Crippen LogP contribution is -2.38. The molecule has 2 fully saturated rings. The van der Waals surface area contributed by atoms with E-state index in [9.17, 15) is 0 Å². The molecule has 0 aliphatic heterocycles. The van der Waals surface area contributed by atoms with Crippen molar-refractivity contribution in [1.29, 1.82) is 0 Å². The van der Waals surface area contributed by atoms with Gasteiger partial charge in [-0.05, 0) is 37.1 Å². The number of hydrogen-bond acceptors (Lipinski definition) is 1. The van der Waals surface area contributed by atoms with Gasteiger partial charge < -0.3 is 5.73 Å². The fourth-order valence-corrected chi connectivity index (χ4v) is 3.07. The normalized spacial score (nSPS) is 37.8. The Bertz CT molecular complexity index is 136. The molecule has 0 spiro atoms. The molecular weight excluding hydrogens is 146 g/mol. The summed E-state index contributed by atoms with van der Waals surface area (Å²) in [5, 5.41) is 0. The van der Waals surface area contributed by atoms with Crippen LogP contribution in [0.4, 0.5) is 0 Å². The summed E-state index contributed by atoms with van der Waals surface area (Å²) in [6.45, 7) is 0.946. The molecule has 0 aromatic heterocycles. The Morgan fingerprint density at radius 2 is 1.67 bits per heavy atom. The molecule has 12 heavy (non-hydrogen) atoms. The number of hydrogen-bond donors (Lipinski definition) is 1. The van der Waals surface area contributed by atoms with E-state index in [0.29, 0.717) is 0 Å². The minimum absolute atomic E-state index is 0.896. The van der Waals surface area contributed by atoms with E-state index in [1.165, 1.54) is 44.9 Å². The Hall–Kier alpha value is -0.0400. The van der Waals surface area contributed by atoms with Gasteiger partial charge >= 0.3 is 0 Å². The molecule has 2 aliphatic rings. The maximum absolute atomic E-state index is 5.73. The summed E-state index contributed by atoms with van der Waals surface area (Å²) in [6, 6.07) is 0. The van der Waals surface area contributed by atoms with Gasteiger partial charge in [-0.3, -0.25) is 0 Å². The zero-order chi connectivity index (χ0) is 8.39. The average Bonchev–Trinajstić information content (AvgIpc) is 2.05. The maximum Gasteiger partial charge on any atom is -0.00461 e. The molecule has 1 heteroatoms. The van der Waals surface area contributed by atoms with Crippen molar-refractivity contribution in [2.75, 3.05) is 6.54 Å². The van der Waals surface area contributed by atoms with Gasteiger partial charge in [0.2, 0.25) is 0 Å². The Labute approximate surface area is 75.7 Å². The predicted molar refractivity (Wildman–Crippen MR) is 51.8 cm³/mol. The first-order valence-corrected chi connectivity index (χ1v) is 5.62. The SMILES string of the molecule is NCC1CCC1C1CCCCC1. The first-order valence-electron chi connectivity index (χ1n) is 5.62. The molecular formula is C11H21N. The molecule has 0 saturated heterocycles. The van der Waals surface area contributed by atoms with E-state index in [1.807, 2.05) is 0 Å². The van der Waals surface area contributed by atoms with Crippen LogP contribution in [0.15, 0.2) is 0 Å². The molecule has 0 aromatic rings. The quantitative estimate of drug-likeness (QED) is 0.672. The smallest absolute Gasteiger partial charge is 0.00461 e. The Morgan fingerprint density at radius 3 is 2.17 bits per heavy atom.